The van der Waals surface area contributed by atoms with Crippen LogP contribution >= 0.6 is 0 Å². The van der Waals surface area contributed by atoms with Crippen molar-refractivity contribution in [2.75, 3.05) is 13.2 Å². The molecule has 0 atom stereocenters. The SMILES string of the molecule is O=C(OCCOC(=O)On1c(O)ccc1O)On1c(O)ccc1O. The molecule has 24 heavy (non-hydrogen) atoms. The lowest BCUT2D eigenvalue weighted by molar-refractivity contribution is 0.00466. The number of hydrogen-bond acceptors (Lipinski definition) is 10. The number of carbonyl (C=O) groups is 2. The van der Waals surface area contributed by atoms with E-state index in [9.17, 15) is 30.0 Å². The maximum Gasteiger partial charge on any atom is 0.534 e. The predicted octanol–water partition coefficient (Wildman–Crippen LogP) is -0.0574. The quantitative estimate of drug-likeness (QED) is 0.427. The maximum absolute atomic E-state index is 11.3. The summed E-state index contributed by atoms with van der Waals surface area (Å²) in [5.74, 6) is -2.13. The van der Waals surface area contributed by atoms with Crippen LogP contribution in [0.2, 0.25) is 0 Å². The minimum Gasteiger partial charge on any atom is -0.492 e. The van der Waals surface area contributed by atoms with Crippen LogP contribution in [0.25, 0.3) is 0 Å². The predicted molar refractivity (Wildman–Crippen MR) is 71.4 cm³/mol. The van der Waals surface area contributed by atoms with Gasteiger partial charge in [-0.15, -0.1) is 9.46 Å². The highest BCUT2D eigenvalue weighted by atomic mass is 16.8. The Morgan fingerprint density at radius 2 is 1.00 bits per heavy atom. The third-order valence-electron chi connectivity index (χ3n) is 2.45. The molecule has 0 bridgehead atoms. The summed E-state index contributed by atoms with van der Waals surface area (Å²) >= 11 is 0. The van der Waals surface area contributed by atoms with Crippen LogP contribution in [-0.4, -0.2) is 55.4 Å². The van der Waals surface area contributed by atoms with Crippen molar-refractivity contribution in [3.8, 4) is 23.5 Å². The van der Waals surface area contributed by atoms with E-state index in [2.05, 4.69) is 19.1 Å². The fourth-order valence-electron chi connectivity index (χ4n) is 1.44. The largest absolute Gasteiger partial charge is 0.534 e. The van der Waals surface area contributed by atoms with Crippen LogP contribution in [0.5, 0.6) is 23.5 Å². The topological polar surface area (TPSA) is 162 Å². The molecule has 0 aliphatic carbocycles. The smallest absolute Gasteiger partial charge is 0.492 e. The Kier molecular flexibility index (Phi) is 4.89. The van der Waals surface area contributed by atoms with Crippen LogP contribution in [0.1, 0.15) is 0 Å². The molecule has 0 aliphatic heterocycles. The van der Waals surface area contributed by atoms with Gasteiger partial charge in [0, 0.05) is 24.3 Å². The normalized spacial score (nSPS) is 10.2. The Morgan fingerprint density at radius 3 is 1.29 bits per heavy atom. The highest BCUT2D eigenvalue weighted by Crippen LogP contribution is 2.19. The standard InChI is InChI=1S/C12H12N2O10/c15-7-1-2-8(16)13(7)23-11(19)21-5-6-22-12(20)24-14-9(17)3-4-10(14)18/h1-4,15-18H,5-6H2. The lowest BCUT2D eigenvalue weighted by atomic mass is 10.6. The highest BCUT2D eigenvalue weighted by Gasteiger charge is 2.15. The van der Waals surface area contributed by atoms with Crippen molar-refractivity contribution in [2.45, 2.75) is 0 Å². The van der Waals surface area contributed by atoms with Gasteiger partial charge in [0.05, 0.1) is 0 Å². The first-order valence-corrected chi connectivity index (χ1v) is 6.28. The zero-order valence-electron chi connectivity index (χ0n) is 11.9. The van der Waals surface area contributed by atoms with E-state index in [0.29, 0.717) is 9.46 Å². The van der Waals surface area contributed by atoms with Crippen LogP contribution in [0.15, 0.2) is 24.3 Å². The maximum atomic E-state index is 11.3. The number of ether oxygens (including phenoxy) is 2. The molecule has 0 aromatic carbocycles. The van der Waals surface area contributed by atoms with Crippen molar-refractivity contribution in [2.24, 2.45) is 0 Å². The Morgan fingerprint density at radius 1 is 0.708 bits per heavy atom. The second kappa shape index (κ2) is 7.04. The lowest BCUT2D eigenvalue weighted by Gasteiger charge is -2.09. The molecular weight excluding hydrogens is 332 g/mol. The summed E-state index contributed by atoms with van der Waals surface area (Å²) in [5, 5.41) is 36.9. The average molecular weight is 344 g/mol. The van der Waals surface area contributed by atoms with Crippen LogP contribution in [0.3, 0.4) is 0 Å². The van der Waals surface area contributed by atoms with Gasteiger partial charge in [0.25, 0.3) is 0 Å². The number of hydrogen-bond donors (Lipinski definition) is 4. The van der Waals surface area contributed by atoms with Gasteiger partial charge < -0.3 is 29.9 Å². The van der Waals surface area contributed by atoms with Crippen molar-refractivity contribution in [3.05, 3.63) is 24.3 Å². The molecule has 130 valence electrons. The van der Waals surface area contributed by atoms with Gasteiger partial charge in [-0.05, 0) is 0 Å². The molecule has 0 amide bonds. The molecule has 0 fully saturated rings. The summed E-state index contributed by atoms with van der Waals surface area (Å²) in [4.78, 5) is 31.5. The van der Waals surface area contributed by atoms with Gasteiger partial charge in [-0.25, -0.2) is 9.59 Å². The monoisotopic (exact) mass is 344 g/mol. The molecule has 0 aliphatic rings. The number of carbonyl (C=O) groups excluding carboxylic acids is 2. The Bertz CT molecular complexity index is 633. The van der Waals surface area contributed by atoms with E-state index in [-0.39, 0.29) is 0 Å². The summed E-state index contributed by atoms with van der Waals surface area (Å²) < 4.78 is 9.86. The molecule has 2 heterocycles. The summed E-state index contributed by atoms with van der Waals surface area (Å²) in [6.45, 7) is -0.860. The number of rotatable bonds is 5. The van der Waals surface area contributed by atoms with Crippen LogP contribution < -0.4 is 9.68 Å². The molecule has 12 heteroatoms. The number of nitrogens with zero attached hydrogens (tertiary/aromatic N) is 2. The zero-order valence-corrected chi connectivity index (χ0v) is 11.9. The van der Waals surface area contributed by atoms with Crippen LogP contribution in [0.4, 0.5) is 9.59 Å². The first-order chi connectivity index (χ1) is 11.4. The molecule has 0 saturated carbocycles. The molecule has 2 aromatic rings. The van der Waals surface area contributed by atoms with Crippen molar-refractivity contribution < 1.29 is 49.2 Å². The number of aromatic nitrogens is 2. The summed E-state index contributed by atoms with van der Waals surface area (Å²) in [5.41, 5.74) is 0. The van der Waals surface area contributed by atoms with Crippen molar-refractivity contribution in [3.63, 3.8) is 0 Å². The third-order valence-corrected chi connectivity index (χ3v) is 2.45. The Balaban J connectivity index is 1.69. The minimum absolute atomic E-state index is 0.412. The molecule has 2 aromatic heterocycles. The van der Waals surface area contributed by atoms with Crippen LogP contribution in [0, 0.1) is 0 Å². The van der Waals surface area contributed by atoms with Gasteiger partial charge in [0.2, 0.25) is 23.5 Å². The average Bonchev–Trinajstić information content (AvgIpc) is 3.01. The fourth-order valence-corrected chi connectivity index (χ4v) is 1.44. The second-order valence-electron chi connectivity index (χ2n) is 4.07. The zero-order chi connectivity index (χ0) is 17.7. The van der Waals surface area contributed by atoms with Crippen LogP contribution in [-0.2, 0) is 9.47 Å². The number of aromatic hydroxyl groups is 4. The van der Waals surface area contributed by atoms with E-state index in [4.69, 9.17) is 0 Å². The van der Waals surface area contributed by atoms with Gasteiger partial charge in [-0.2, -0.15) is 0 Å². The first-order valence-electron chi connectivity index (χ1n) is 6.28. The van der Waals surface area contributed by atoms with Gasteiger partial charge in [0.15, 0.2) is 0 Å². The Hall–Kier alpha value is -3.70. The molecule has 0 radical (unpaired) electrons. The first kappa shape index (κ1) is 16.7. The van der Waals surface area contributed by atoms with E-state index in [1.165, 1.54) is 0 Å². The summed E-state index contributed by atoms with van der Waals surface area (Å²) in [6, 6.07) is 4.31. The summed E-state index contributed by atoms with van der Waals surface area (Å²) in [6.07, 6.45) is -2.57. The molecule has 0 saturated heterocycles. The van der Waals surface area contributed by atoms with Gasteiger partial charge in [0.1, 0.15) is 13.2 Å². The van der Waals surface area contributed by atoms with Crippen molar-refractivity contribution in [1.82, 2.24) is 9.46 Å². The third kappa shape index (κ3) is 3.94. The second-order valence-corrected chi connectivity index (χ2v) is 4.07. The minimum atomic E-state index is -1.28. The van der Waals surface area contributed by atoms with E-state index in [1.54, 1.807) is 0 Å². The summed E-state index contributed by atoms with van der Waals surface area (Å²) in [7, 11) is 0. The Labute approximate surface area is 133 Å². The van der Waals surface area contributed by atoms with Crippen molar-refractivity contribution >= 4 is 12.3 Å². The lowest BCUT2D eigenvalue weighted by Crippen LogP contribution is -2.24. The van der Waals surface area contributed by atoms with E-state index < -0.39 is 49.0 Å². The molecule has 0 spiro atoms. The van der Waals surface area contributed by atoms with E-state index in [1.807, 2.05) is 0 Å². The van der Waals surface area contributed by atoms with Gasteiger partial charge in [-0.1, -0.05) is 0 Å². The molecule has 0 unspecified atom stereocenters. The highest BCUT2D eigenvalue weighted by molar-refractivity contribution is 5.61. The van der Waals surface area contributed by atoms with Gasteiger partial charge >= 0.3 is 12.3 Å². The van der Waals surface area contributed by atoms with Gasteiger partial charge in [-0.3, -0.25) is 9.68 Å². The molecule has 12 nitrogen and oxygen atoms in total. The molecular formula is C12H12N2O10. The van der Waals surface area contributed by atoms with E-state index >= 15 is 0 Å². The van der Waals surface area contributed by atoms with E-state index in [0.717, 1.165) is 24.3 Å². The fraction of sp³-hybridized carbons (Fsp3) is 0.167. The van der Waals surface area contributed by atoms with Crippen molar-refractivity contribution in [1.29, 1.82) is 0 Å². The molecule has 4 N–H and O–H groups in total. The molecule has 2 rings (SSSR count).